The first-order valence-corrected chi connectivity index (χ1v) is 10.4. The van der Waals surface area contributed by atoms with E-state index in [1.807, 2.05) is 6.07 Å². The lowest BCUT2D eigenvalue weighted by Crippen LogP contribution is -2.31. The number of nitrogens with zero attached hydrogens (tertiary/aromatic N) is 1. The quantitative estimate of drug-likeness (QED) is 0.617. The summed E-state index contributed by atoms with van der Waals surface area (Å²) in [4.78, 5) is 38.1. The van der Waals surface area contributed by atoms with E-state index in [0.717, 1.165) is 21.1 Å². The lowest BCUT2D eigenvalue weighted by Gasteiger charge is -2.15. The third-order valence-corrected chi connectivity index (χ3v) is 5.86. The van der Waals surface area contributed by atoms with Crippen LogP contribution >= 0.6 is 50.9 Å². The second-order valence-electron chi connectivity index (χ2n) is 5.76. The van der Waals surface area contributed by atoms with E-state index in [-0.39, 0.29) is 29.9 Å². The Bertz CT molecular complexity index is 905. The molecule has 0 aliphatic carbocycles. The second-order valence-corrected chi connectivity index (χ2v) is 8.74. The minimum absolute atomic E-state index is 0.0256. The predicted molar refractivity (Wildman–Crippen MR) is 113 cm³/mol. The molecule has 1 fully saturated rings. The molecule has 1 N–H and O–H groups in total. The molecule has 140 valence electrons. The topological polar surface area (TPSA) is 66.5 Å². The van der Waals surface area contributed by atoms with Crippen LogP contribution < -0.4 is 10.2 Å². The number of nitrogens with one attached hydrogen (secondary N) is 1. The first kappa shape index (κ1) is 20.2. The van der Waals surface area contributed by atoms with Crippen molar-refractivity contribution in [2.24, 2.45) is 0 Å². The Kier molecular flexibility index (Phi) is 6.47. The Morgan fingerprint density at radius 1 is 1.19 bits per heavy atom. The van der Waals surface area contributed by atoms with Crippen LogP contribution in [0.1, 0.15) is 6.42 Å². The number of carbonyl (C=O) groups is 3. The first-order valence-electron chi connectivity index (χ1n) is 7.83. The van der Waals surface area contributed by atoms with E-state index in [1.54, 1.807) is 18.2 Å². The minimum Gasteiger partial charge on any atom is -0.325 e. The van der Waals surface area contributed by atoms with Crippen LogP contribution in [0.2, 0.25) is 10.0 Å². The standard InChI is InChI=1S/C18H13BrCl2N2O3S/c19-10-2-1-3-13(4-10)22-16(24)9-27-15-8-17(25)23(18(15)26)14-6-11(20)5-12(21)7-14/h1-7,15H,8-9H2,(H,22,24)/t15-/m0/s1. The molecule has 0 radical (unpaired) electrons. The lowest BCUT2D eigenvalue weighted by atomic mass is 10.3. The molecule has 3 amide bonds. The lowest BCUT2D eigenvalue weighted by molar-refractivity contribution is -0.121. The summed E-state index contributed by atoms with van der Waals surface area (Å²) < 4.78 is 0.848. The summed E-state index contributed by atoms with van der Waals surface area (Å²) in [5.74, 6) is -0.912. The molecule has 2 aromatic rings. The van der Waals surface area contributed by atoms with Crippen LogP contribution in [0.15, 0.2) is 46.9 Å². The smallest absolute Gasteiger partial charge is 0.247 e. The molecular weight excluding hydrogens is 475 g/mol. The van der Waals surface area contributed by atoms with Crippen molar-refractivity contribution in [1.82, 2.24) is 0 Å². The zero-order valence-electron chi connectivity index (χ0n) is 13.7. The molecule has 1 atom stereocenters. The Morgan fingerprint density at radius 2 is 1.89 bits per heavy atom. The van der Waals surface area contributed by atoms with Gasteiger partial charge in [0.15, 0.2) is 0 Å². The number of hydrogen-bond acceptors (Lipinski definition) is 4. The molecule has 0 aromatic heterocycles. The van der Waals surface area contributed by atoms with Gasteiger partial charge in [-0.1, -0.05) is 45.2 Å². The summed E-state index contributed by atoms with van der Waals surface area (Å²) in [7, 11) is 0. The van der Waals surface area contributed by atoms with Gasteiger partial charge in [-0.15, -0.1) is 11.8 Å². The fourth-order valence-corrected chi connectivity index (χ4v) is 4.46. The van der Waals surface area contributed by atoms with Crippen molar-refractivity contribution >= 4 is 80.0 Å². The van der Waals surface area contributed by atoms with Gasteiger partial charge in [0.2, 0.25) is 17.7 Å². The van der Waals surface area contributed by atoms with E-state index in [2.05, 4.69) is 21.2 Å². The Balaban J connectivity index is 1.62. The van der Waals surface area contributed by atoms with Gasteiger partial charge in [-0.25, -0.2) is 4.90 Å². The summed E-state index contributed by atoms with van der Waals surface area (Å²) in [6.45, 7) is 0. The zero-order chi connectivity index (χ0) is 19.6. The number of benzene rings is 2. The third-order valence-electron chi connectivity index (χ3n) is 3.73. The van der Waals surface area contributed by atoms with Crippen molar-refractivity contribution < 1.29 is 14.4 Å². The van der Waals surface area contributed by atoms with Gasteiger partial charge in [0.1, 0.15) is 0 Å². The number of halogens is 3. The fourth-order valence-electron chi connectivity index (χ4n) is 2.61. The Hall–Kier alpha value is -1.54. The SMILES string of the molecule is O=C(CS[C@H]1CC(=O)N(c2cc(Cl)cc(Cl)c2)C1=O)Nc1cccc(Br)c1. The molecular formula is C18H13BrCl2N2O3S. The van der Waals surface area contributed by atoms with Crippen molar-refractivity contribution in [2.45, 2.75) is 11.7 Å². The van der Waals surface area contributed by atoms with Crippen molar-refractivity contribution in [3.63, 3.8) is 0 Å². The van der Waals surface area contributed by atoms with E-state index >= 15 is 0 Å². The summed E-state index contributed by atoms with van der Waals surface area (Å²) in [5, 5.41) is 2.81. The van der Waals surface area contributed by atoms with Crippen LogP contribution in [-0.4, -0.2) is 28.7 Å². The summed E-state index contributed by atoms with van der Waals surface area (Å²) in [6.07, 6.45) is 0.0256. The molecule has 27 heavy (non-hydrogen) atoms. The maximum Gasteiger partial charge on any atom is 0.247 e. The normalized spacial score (nSPS) is 16.7. The highest BCUT2D eigenvalue weighted by Gasteiger charge is 2.40. The zero-order valence-corrected chi connectivity index (χ0v) is 17.7. The molecule has 0 saturated carbocycles. The maximum atomic E-state index is 12.6. The molecule has 5 nitrogen and oxygen atoms in total. The highest BCUT2D eigenvalue weighted by Crippen LogP contribution is 2.33. The highest BCUT2D eigenvalue weighted by molar-refractivity contribution is 9.10. The Labute approximate surface area is 178 Å². The fraction of sp³-hybridized carbons (Fsp3) is 0.167. The monoisotopic (exact) mass is 486 g/mol. The number of rotatable bonds is 5. The molecule has 3 rings (SSSR count). The van der Waals surface area contributed by atoms with Crippen molar-refractivity contribution in [3.8, 4) is 0 Å². The first-order chi connectivity index (χ1) is 12.8. The van der Waals surface area contributed by atoms with Crippen LogP contribution in [0.3, 0.4) is 0 Å². The Morgan fingerprint density at radius 3 is 2.56 bits per heavy atom. The molecule has 1 aliphatic heterocycles. The largest absolute Gasteiger partial charge is 0.325 e. The summed E-state index contributed by atoms with van der Waals surface area (Å²) in [6, 6.07) is 11.7. The molecule has 1 heterocycles. The van der Waals surface area contributed by atoms with E-state index in [0.29, 0.717) is 21.4 Å². The minimum atomic E-state index is -0.622. The van der Waals surface area contributed by atoms with Crippen molar-refractivity contribution in [1.29, 1.82) is 0 Å². The number of thioether (sulfide) groups is 1. The summed E-state index contributed by atoms with van der Waals surface area (Å²) >= 11 is 16.4. The average molecular weight is 488 g/mol. The van der Waals surface area contributed by atoms with Crippen LogP contribution in [-0.2, 0) is 14.4 Å². The van der Waals surface area contributed by atoms with Gasteiger partial charge in [-0.3, -0.25) is 14.4 Å². The van der Waals surface area contributed by atoms with Gasteiger partial charge >= 0.3 is 0 Å². The van der Waals surface area contributed by atoms with E-state index < -0.39 is 5.25 Å². The van der Waals surface area contributed by atoms with Gasteiger partial charge < -0.3 is 5.32 Å². The van der Waals surface area contributed by atoms with Gasteiger partial charge in [-0.05, 0) is 36.4 Å². The molecule has 0 bridgehead atoms. The van der Waals surface area contributed by atoms with Gasteiger partial charge in [0.25, 0.3) is 0 Å². The van der Waals surface area contributed by atoms with Crippen LogP contribution in [0.5, 0.6) is 0 Å². The van der Waals surface area contributed by atoms with E-state index in [4.69, 9.17) is 23.2 Å². The maximum absolute atomic E-state index is 12.6. The predicted octanol–water partition coefficient (Wildman–Crippen LogP) is 4.76. The van der Waals surface area contributed by atoms with E-state index in [9.17, 15) is 14.4 Å². The van der Waals surface area contributed by atoms with E-state index in [1.165, 1.54) is 18.2 Å². The van der Waals surface area contributed by atoms with Crippen LogP contribution in [0.4, 0.5) is 11.4 Å². The molecule has 0 spiro atoms. The number of carbonyl (C=O) groups excluding carboxylic acids is 3. The molecule has 1 aliphatic rings. The molecule has 1 saturated heterocycles. The number of hydrogen-bond donors (Lipinski definition) is 1. The molecule has 0 unspecified atom stereocenters. The van der Waals surface area contributed by atoms with Crippen molar-refractivity contribution in [2.75, 3.05) is 16.0 Å². The number of anilines is 2. The summed E-state index contributed by atoms with van der Waals surface area (Å²) in [5.41, 5.74) is 0.989. The third kappa shape index (κ3) is 5.04. The average Bonchev–Trinajstić information content (AvgIpc) is 2.86. The number of imide groups is 1. The molecule has 9 heteroatoms. The van der Waals surface area contributed by atoms with Gasteiger partial charge in [0, 0.05) is 26.6 Å². The van der Waals surface area contributed by atoms with Crippen molar-refractivity contribution in [3.05, 3.63) is 57.0 Å². The van der Waals surface area contributed by atoms with Crippen LogP contribution in [0.25, 0.3) is 0 Å². The van der Waals surface area contributed by atoms with Gasteiger partial charge in [0.05, 0.1) is 16.7 Å². The van der Waals surface area contributed by atoms with Crippen LogP contribution in [0, 0.1) is 0 Å². The highest BCUT2D eigenvalue weighted by atomic mass is 79.9. The number of amides is 3. The molecule has 2 aromatic carbocycles. The second kappa shape index (κ2) is 8.65. The van der Waals surface area contributed by atoms with Gasteiger partial charge in [-0.2, -0.15) is 0 Å².